The molecule has 1 fully saturated rings. The Morgan fingerprint density at radius 1 is 1.67 bits per heavy atom. The lowest BCUT2D eigenvalue weighted by Gasteiger charge is -2.32. The highest BCUT2D eigenvalue weighted by atomic mass is 16.5. The summed E-state index contributed by atoms with van der Waals surface area (Å²) < 4.78 is 5.66. The fourth-order valence-electron chi connectivity index (χ4n) is 1.73. The number of nitrogens with two attached hydrogens (primary N) is 1. The van der Waals surface area contributed by atoms with E-state index in [-0.39, 0.29) is 5.84 Å². The van der Waals surface area contributed by atoms with E-state index >= 15 is 0 Å². The highest BCUT2D eigenvalue weighted by molar-refractivity contribution is 5.76. The lowest BCUT2D eigenvalue weighted by atomic mass is 10.2. The summed E-state index contributed by atoms with van der Waals surface area (Å²) in [6, 6.07) is 0. The molecule has 1 aliphatic heterocycles. The van der Waals surface area contributed by atoms with Crippen LogP contribution in [0.15, 0.2) is 0 Å². The molecule has 0 saturated carbocycles. The number of amidine groups is 1. The molecule has 3 N–H and O–H groups in total. The molecule has 1 saturated heterocycles. The number of nitrogens with one attached hydrogen (secondary N) is 1. The number of hydrogen-bond donors (Lipinski definition) is 2. The van der Waals surface area contributed by atoms with Crippen molar-refractivity contribution in [2.75, 3.05) is 46.9 Å². The minimum Gasteiger partial charge on any atom is -0.388 e. The van der Waals surface area contributed by atoms with E-state index in [1.807, 2.05) is 7.05 Å². The molecular formula is C10H22N4O. The first kappa shape index (κ1) is 12.4. The van der Waals surface area contributed by atoms with E-state index in [1.165, 1.54) is 0 Å². The predicted octanol–water partition coefficient (Wildman–Crippen LogP) is -0.425. The van der Waals surface area contributed by atoms with Crippen LogP contribution in [-0.4, -0.2) is 68.6 Å². The standard InChI is InChI=1S/C10H22N4O/c1-13(4-3-10(11)12)7-9-8-14(2)5-6-15-9/h9H,3-8H2,1-2H3,(H3,11,12). The first-order valence-corrected chi connectivity index (χ1v) is 5.39. The lowest BCUT2D eigenvalue weighted by Crippen LogP contribution is -2.45. The summed E-state index contributed by atoms with van der Waals surface area (Å²) in [5.74, 6) is 0.253. The Hall–Kier alpha value is -0.650. The molecule has 0 aromatic carbocycles. The van der Waals surface area contributed by atoms with Gasteiger partial charge in [-0.05, 0) is 14.1 Å². The molecule has 0 aromatic heterocycles. The molecule has 0 aromatic rings. The molecule has 1 rings (SSSR count). The second-order valence-electron chi connectivity index (χ2n) is 4.29. The Labute approximate surface area is 91.7 Å². The average Bonchev–Trinajstić information content (AvgIpc) is 2.15. The van der Waals surface area contributed by atoms with Crippen molar-refractivity contribution in [2.45, 2.75) is 12.5 Å². The van der Waals surface area contributed by atoms with Crippen molar-refractivity contribution in [3.8, 4) is 0 Å². The zero-order valence-corrected chi connectivity index (χ0v) is 9.70. The fraction of sp³-hybridized carbons (Fsp3) is 0.900. The van der Waals surface area contributed by atoms with Crippen LogP contribution in [0.2, 0.25) is 0 Å². The average molecular weight is 214 g/mol. The van der Waals surface area contributed by atoms with Gasteiger partial charge in [-0.1, -0.05) is 0 Å². The first-order valence-electron chi connectivity index (χ1n) is 5.39. The molecule has 88 valence electrons. The van der Waals surface area contributed by atoms with Gasteiger partial charge in [0.25, 0.3) is 0 Å². The highest BCUT2D eigenvalue weighted by Crippen LogP contribution is 2.04. The van der Waals surface area contributed by atoms with Crippen molar-refractivity contribution in [1.29, 1.82) is 5.41 Å². The fourth-order valence-corrected chi connectivity index (χ4v) is 1.73. The van der Waals surface area contributed by atoms with Gasteiger partial charge in [-0.3, -0.25) is 5.41 Å². The number of nitrogens with zero attached hydrogens (tertiary/aromatic N) is 2. The highest BCUT2D eigenvalue weighted by Gasteiger charge is 2.18. The molecule has 0 radical (unpaired) electrons. The molecule has 1 unspecified atom stereocenters. The van der Waals surface area contributed by atoms with Gasteiger partial charge in [0, 0.05) is 32.6 Å². The summed E-state index contributed by atoms with van der Waals surface area (Å²) in [6.45, 7) is 4.58. The third kappa shape index (κ3) is 5.11. The van der Waals surface area contributed by atoms with Crippen molar-refractivity contribution in [3.63, 3.8) is 0 Å². The van der Waals surface area contributed by atoms with E-state index in [2.05, 4.69) is 16.8 Å². The quantitative estimate of drug-likeness (QED) is 0.482. The third-order valence-corrected chi connectivity index (χ3v) is 2.62. The van der Waals surface area contributed by atoms with E-state index in [9.17, 15) is 0 Å². The van der Waals surface area contributed by atoms with Gasteiger partial charge >= 0.3 is 0 Å². The van der Waals surface area contributed by atoms with Crippen molar-refractivity contribution >= 4 is 5.84 Å². The molecule has 1 heterocycles. The summed E-state index contributed by atoms with van der Waals surface area (Å²) in [4.78, 5) is 4.46. The summed E-state index contributed by atoms with van der Waals surface area (Å²) in [6.07, 6.45) is 0.930. The molecule has 1 aliphatic rings. The molecular weight excluding hydrogens is 192 g/mol. The summed E-state index contributed by atoms with van der Waals surface area (Å²) >= 11 is 0. The summed E-state index contributed by atoms with van der Waals surface area (Å²) in [5, 5.41) is 7.15. The maximum Gasteiger partial charge on any atom is 0.0918 e. The van der Waals surface area contributed by atoms with Gasteiger partial charge in [-0.2, -0.15) is 0 Å². The number of ether oxygens (including phenoxy) is 1. The van der Waals surface area contributed by atoms with Crippen molar-refractivity contribution in [2.24, 2.45) is 5.73 Å². The van der Waals surface area contributed by atoms with E-state index in [0.717, 1.165) is 32.8 Å². The Morgan fingerprint density at radius 3 is 3.00 bits per heavy atom. The van der Waals surface area contributed by atoms with Crippen LogP contribution in [0, 0.1) is 5.41 Å². The molecule has 0 amide bonds. The molecule has 5 heteroatoms. The van der Waals surface area contributed by atoms with Crippen molar-refractivity contribution in [1.82, 2.24) is 9.80 Å². The Balaban J connectivity index is 2.18. The minimum absolute atomic E-state index is 0.253. The number of morpholine rings is 1. The molecule has 1 atom stereocenters. The number of rotatable bonds is 5. The van der Waals surface area contributed by atoms with Gasteiger partial charge in [-0.25, -0.2) is 0 Å². The normalized spacial score (nSPS) is 23.3. The van der Waals surface area contributed by atoms with Gasteiger partial charge in [0.2, 0.25) is 0 Å². The molecule has 0 bridgehead atoms. The van der Waals surface area contributed by atoms with Crippen molar-refractivity contribution < 1.29 is 4.74 Å². The van der Waals surface area contributed by atoms with E-state index in [0.29, 0.717) is 12.5 Å². The lowest BCUT2D eigenvalue weighted by molar-refractivity contribution is -0.0321. The van der Waals surface area contributed by atoms with E-state index < -0.39 is 0 Å². The maximum atomic E-state index is 7.15. The van der Waals surface area contributed by atoms with Gasteiger partial charge in [0.05, 0.1) is 18.5 Å². The van der Waals surface area contributed by atoms with Crippen LogP contribution < -0.4 is 5.73 Å². The number of likely N-dealkylation sites (N-methyl/N-ethyl adjacent to an activating group) is 2. The van der Waals surface area contributed by atoms with E-state index in [4.69, 9.17) is 15.9 Å². The molecule has 15 heavy (non-hydrogen) atoms. The van der Waals surface area contributed by atoms with E-state index in [1.54, 1.807) is 0 Å². The van der Waals surface area contributed by atoms with Crippen LogP contribution in [0.3, 0.4) is 0 Å². The van der Waals surface area contributed by atoms with Crippen LogP contribution >= 0.6 is 0 Å². The molecule has 5 nitrogen and oxygen atoms in total. The topological polar surface area (TPSA) is 65.6 Å². The minimum atomic E-state index is 0.253. The van der Waals surface area contributed by atoms with Crippen LogP contribution in [-0.2, 0) is 4.74 Å². The largest absolute Gasteiger partial charge is 0.388 e. The van der Waals surface area contributed by atoms with Crippen molar-refractivity contribution in [3.05, 3.63) is 0 Å². The van der Waals surface area contributed by atoms with Crippen LogP contribution in [0.4, 0.5) is 0 Å². The summed E-state index contributed by atoms with van der Waals surface area (Å²) in [7, 11) is 4.16. The predicted molar refractivity (Wildman–Crippen MR) is 61.3 cm³/mol. The second-order valence-corrected chi connectivity index (χ2v) is 4.29. The first-order chi connectivity index (χ1) is 7.08. The smallest absolute Gasteiger partial charge is 0.0918 e. The second kappa shape index (κ2) is 6.05. The summed E-state index contributed by atoms with van der Waals surface area (Å²) in [5.41, 5.74) is 5.31. The molecule has 0 aliphatic carbocycles. The Kier molecular flexibility index (Phi) is 5.01. The van der Waals surface area contributed by atoms with Crippen LogP contribution in [0.1, 0.15) is 6.42 Å². The van der Waals surface area contributed by atoms with Crippen LogP contribution in [0.5, 0.6) is 0 Å². The zero-order valence-electron chi connectivity index (χ0n) is 9.70. The van der Waals surface area contributed by atoms with Gasteiger partial charge < -0.3 is 20.3 Å². The SMILES string of the molecule is CN1CCOC(CN(C)CCC(=N)N)C1. The zero-order chi connectivity index (χ0) is 11.3. The Bertz CT molecular complexity index is 210. The van der Waals surface area contributed by atoms with Gasteiger partial charge in [0.1, 0.15) is 0 Å². The van der Waals surface area contributed by atoms with Crippen LogP contribution in [0.25, 0.3) is 0 Å². The monoisotopic (exact) mass is 214 g/mol. The number of hydrogen-bond acceptors (Lipinski definition) is 4. The van der Waals surface area contributed by atoms with Gasteiger partial charge in [0.15, 0.2) is 0 Å². The molecule has 0 spiro atoms. The Morgan fingerprint density at radius 2 is 2.40 bits per heavy atom. The third-order valence-electron chi connectivity index (χ3n) is 2.62. The maximum absolute atomic E-state index is 7.15. The van der Waals surface area contributed by atoms with Gasteiger partial charge in [-0.15, -0.1) is 0 Å².